The van der Waals surface area contributed by atoms with E-state index in [2.05, 4.69) is 15.4 Å². The predicted molar refractivity (Wildman–Crippen MR) is 67.4 cm³/mol. The fraction of sp³-hybridized carbons (Fsp3) is 0.385. The number of alkyl carbamates (subject to hydrolysis) is 1. The Morgan fingerprint density at radius 1 is 1.39 bits per heavy atom. The lowest BCUT2D eigenvalue weighted by Crippen LogP contribution is -2.57. The monoisotopic (exact) mass is 248 g/mol. The predicted octanol–water partition coefficient (Wildman–Crippen LogP) is 1.64. The molecule has 0 radical (unpaired) electrons. The molecule has 0 spiro atoms. The minimum absolute atomic E-state index is 0.232. The zero-order valence-corrected chi connectivity index (χ0v) is 10.6. The highest BCUT2D eigenvalue weighted by molar-refractivity contribution is 6.01. The van der Waals surface area contributed by atoms with E-state index >= 15 is 0 Å². The number of amides is 2. The van der Waals surface area contributed by atoms with Gasteiger partial charge in [0, 0.05) is 11.1 Å². The molecule has 1 aromatic rings. The van der Waals surface area contributed by atoms with Gasteiger partial charge in [0.15, 0.2) is 0 Å². The molecule has 2 N–H and O–H groups in total. The molecule has 0 fully saturated rings. The van der Waals surface area contributed by atoms with E-state index in [1.807, 2.05) is 38.1 Å². The number of carbonyl (C=O) groups is 2. The van der Waals surface area contributed by atoms with E-state index in [4.69, 9.17) is 0 Å². The van der Waals surface area contributed by atoms with E-state index in [1.54, 1.807) is 0 Å². The van der Waals surface area contributed by atoms with E-state index in [0.717, 1.165) is 11.3 Å². The molecule has 1 atom stereocenters. The average Bonchev–Trinajstić information content (AvgIpc) is 2.34. The Kier molecular flexibility index (Phi) is 2.98. The second-order valence-corrected chi connectivity index (χ2v) is 4.83. The second kappa shape index (κ2) is 4.33. The molecule has 1 aliphatic rings. The molecular weight excluding hydrogens is 232 g/mol. The van der Waals surface area contributed by atoms with Crippen molar-refractivity contribution in [3.05, 3.63) is 29.8 Å². The van der Waals surface area contributed by atoms with Gasteiger partial charge in [-0.2, -0.15) is 0 Å². The average molecular weight is 248 g/mol. The minimum atomic E-state index is -0.653. The molecule has 0 saturated heterocycles. The maximum atomic E-state index is 12.0. The lowest BCUT2D eigenvalue weighted by atomic mass is 9.74. The maximum absolute atomic E-state index is 12.0. The van der Waals surface area contributed by atoms with Crippen LogP contribution in [0, 0.1) is 0 Å². The van der Waals surface area contributed by atoms with Crippen LogP contribution >= 0.6 is 0 Å². The zero-order valence-electron chi connectivity index (χ0n) is 10.6. The Balaban J connectivity index is 2.39. The summed E-state index contributed by atoms with van der Waals surface area (Å²) in [6, 6.07) is 6.92. The minimum Gasteiger partial charge on any atom is -0.453 e. The SMILES string of the molecule is COC(=O)NC1C(=O)Nc2ccccc2C1(C)C. The van der Waals surface area contributed by atoms with E-state index in [1.165, 1.54) is 7.11 Å². The first-order valence-electron chi connectivity index (χ1n) is 5.71. The quantitative estimate of drug-likeness (QED) is 0.794. The molecule has 96 valence electrons. The third-order valence-corrected chi connectivity index (χ3v) is 3.31. The number of carbonyl (C=O) groups excluding carboxylic acids is 2. The zero-order chi connectivity index (χ0) is 13.3. The van der Waals surface area contributed by atoms with Gasteiger partial charge in [-0.15, -0.1) is 0 Å². The first-order valence-corrected chi connectivity index (χ1v) is 5.71. The largest absolute Gasteiger partial charge is 0.453 e. The molecule has 5 nitrogen and oxygen atoms in total. The molecule has 1 aromatic carbocycles. The number of benzene rings is 1. The van der Waals surface area contributed by atoms with Crippen LogP contribution in [-0.4, -0.2) is 25.2 Å². The van der Waals surface area contributed by atoms with Gasteiger partial charge in [-0.25, -0.2) is 4.79 Å². The van der Waals surface area contributed by atoms with Gasteiger partial charge in [0.2, 0.25) is 5.91 Å². The highest BCUT2D eigenvalue weighted by Gasteiger charge is 2.43. The number of methoxy groups -OCH3 is 1. The third-order valence-electron chi connectivity index (χ3n) is 3.31. The molecule has 0 saturated carbocycles. The molecule has 2 rings (SSSR count). The van der Waals surface area contributed by atoms with Crippen molar-refractivity contribution in [1.29, 1.82) is 0 Å². The molecule has 18 heavy (non-hydrogen) atoms. The maximum Gasteiger partial charge on any atom is 0.407 e. The molecule has 1 heterocycles. The van der Waals surface area contributed by atoms with Gasteiger partial charge >= 0.3 is 6.09 Å². The molecule has 0 aliphatic carbocycles. The number of hydrogen-bond acceptors (Lipinski definition) is 3. The van der Waals surface area contributed by atoms with Crippen LogP contribution in [0.3, 0.4) is 0 Å². The van der Waals surface area contributed by atoms with Crippen LogP contribution in [0.4, 0.5) is 10.5 Å². The molecule has 5 heteroatoms. The summed E-state index contributed by atoms with van der Waals surface area (Å²) in [7, 11) is 1.27. The van der Waals surface area contributed by atoms with Crippen LogP contribution in [0.5, 0.6) is 0 Å². The Hall–Kier alpha value is -2.04. The second-order valence-electron chi connectivity index (χ2n) is 4.83. The Morgan fingerprint density at radius 3 is 2.72 bits per heavy atom. The van der Waals surface area contributed by atoms with E-state index < -0.39 is 17.6 Å². The first-order chi connectivity index (χ1) is 8.46. The van der Waals surface area contributed by atoms with Crippen LogP contribution in [0.15, 0.2) is 24.3 Å². The Bertz CT molecular complexity index is 497. The van der Waals surface area contributed by atoms with Crippen molar-refractivity contribution in [2.75, 3.05) is 12.4 Å². The fourth-order valence-electron chi connectivity index (χ4n) is 2.26. The molecule has 1 unspecified atom stereocenters. The summed E-state index contributed by atoms with van der Waals surface area (Å²) in [6.45, 7) is 3.84. The van der Waals surface area contributed by atoms with E-state index in [9.17, 15) is 9.59 Å². The van der Waals surface area contributed by atoms with Gasteiger partial charge in [0.05, 0.1) is 7.11 Å². The van der Waals surface area contributed by atoms with Crippen LogP contribution < -0.4 is 10.6 Å². The lowest BCUT2D eigenvalue weighted by molar-refractivity contribution is -0.119. The van der Waals surface area contributed by atoms with Gasteiger partial charge in [-0.05, 0) is 11.6 Å². The van der Waals surface area contributed by atoms with Crippen molar-refractivity contribution in [1.82, 2.24) is 5.32 Å². The van der Waals surface area contributed by atoms with Crippen molar-refractivity contribution in [3.63, 3.8) is 0 Å². The highest BCUT2D eigenvalue weighted by Crippen LogP contribution is 2.37. The molecule has 1 aliphatic heterocycles. The molecule has 0 bridgehead atoms. The van der Waals surface area contributed by atoms with Gasteiger partial charge in [-0.3, -0.25) is 4.79 Å². The van der Waals surface area contributed by atoms with Crippen molar-refractivity contribution in [3.8, 4) is 0 Å². The van der Waals surface area contributed by atoms with Crippen LogP contribution in [0.25, 0.3) is 0 Å². The van der Waals surface area contributed by atoms with Crippen molar-refractivity contribution in [2.24, 2.45) is 0 Å². The van der Waals surface area contributed by atoms with Gasteiger partial charge in [0.1, 0.15) is 6.04 Å². The summed E-state index contributed by atoms with van der Waals surface area (Å²) in [6.07, 6.45) is -0.609. The standard InChI is InChI=1S/C13H16N2O3/c1-13(2)8-6-4-5-7-9(8)14-11(16)10(13)15-12(17)18-3/h4-7,10H,1-3H3,(H,14,16)(H,15,17). The van der Waals surface area contributed by atoms with Gasteiger partial charge in [-0.1, -0.05) is 32.0 Å². The number of anilines is 1. The summed E-state index contributed by atoms with van der Waals surface area (Å²) in [5.74, 6) is -0.232. The lowest BCUT2D eigenvalue weighted by Gasteiger charge is -2.39. The Morgan fingerprint density at radius 2 is 2.06 bits per heavy atom. The number of hydrogen-bond donors (Lipinski definition) is 2. The normalized spacial score (nSPS) is 20.6. The third kappa shape index (κ3) is 1.92. The van der Waals surface area contributed by atoms with Crippen molar-refractivity contribution >= 4 is 17.7 Å². The van der Waals surface area contributed by atoms with E-state index in [-0.39, 0.29) is 5.91 Å². The molecular formula is C13H16N2O3. The number of fused-ring (bicyclic) bond motifs is 1. The summed E-state index contributed by atoms with van der Waals surface area (Å²) in [5.41, 5.74) is 1.29. The number of rotatable bonds is 1. The van der Waals surface area contributed by atoms with Crippen LogP contribution in [-0.2, 0) is 14.9 Å². The van der Waals surface area contributed by atoms with Crippen LogP contribution in [0.1, 0.15) is 19.4 Å². The highest BCUT2D eigenvalue weighted by atomic mass is 16.5. The van der Waals surface area contributed by atoms with Crippen LogP contribution in [0.2, 0.25) is 0 Å². The molecule has 2 amide bonds. The van der Waals surface area contributed by atoms with Crippen molar-refractivity contribution < 1.29 is 14.3 Å². The summed E-state index contributed by atoms with van der Waals surface area (Å²) < 4.78 is 4.55. The smallest absolute Gasteiger partial charge is 0.407 e. The van der Waals surface area contributed by atoms with Gasteiger partial charge < -0.3 is 15.4 Å². The van der Waals surface area contributed by atoms with E-state index in [0.29, 0.717) is 0 Å². The number of para-hydroxylation sites is 1. The topological polar surface area (TPSA) is 67.4 Å². The summed E-state index contributed by atoms with van der Waals surface area (Å²) >= 11 is 0. The Labute approximate surface area is 106 Å². The number of ether oxygens (including phenoxy) is 1. The number of nitrogens with one attached hydrogen (secondary N) is 2. The first kappa shape index (κ1) is 12.4. The summed E-state index contributed by atoms with van der Waals surface area (Å²) in [5, 5.41) is 5.36. The fourth-order valence-corrected chi connectivity index (χ4v) is 2.26. The summed E-state index contributed by atoms with van der Waals surface area (Å²) in [4.78, 5) is 23.4. The van der Waals surface area contributed by atoms with Gasteiger partial charge in [0.25, 0.3) is 0 Å². The van der Waals surface area contributed by atoms with Crippen molar-refractivity contribution in [2.45, 2.75) is 25.3 Å². The molecule has 0 aromatic heterocycles.